The minimum Gasteiger partial charge on any atom is -0.493 e. The van der Waals surface area contributed by atoms with Gasteiger partial charge in [-0.2, -0.15) is 10.2 Å². The molecule has 0 amide bonds. The van der Waals surface area contributed by atoms with Crippen molar-refractivity contribution in [3.8, 4) is 17.2 Å². The second-order valence-electron chi connectivity index (χ2n) is 4.50. The monoisotopic (exact) mass is 316 g/mol. The van der Waals surface area contributed by atoms with Crippen molar-refractivity contribution in [1.82, 2.24) is 0 Å². The first-order valence-corrected chi connectivity index (χ1v) is 6.80. The Labute approximate surface area is 134 Å². The predicted octanol–water partition coefficient (Wildman–Crippen LogP) is 3.30. The lowest BCUT2D eigenvalue weighted by atomic mass is 10.2. The quantitative estimate of drug-likeness (QED) is 0.607. The van der Waals surface area contributed by atoms with E-state index >= 15 is 0 Å². The zero-order chi connectivity index (χ0) is 16.7. The van der Waals surface area contributed by atoms with Crippen LogP contribution in [0.1, 0.15) is 11.1 Å². The number of hydrogen-bond donors (Lipinski definition) is 0. The summed E-state index contributed by atoms with van der Waals surface area (Å²) in [5, 5.41) is 7.89. The van der Waals surface area contributed by atoms with Crippen molar-refractivity contribution in [1.29, 1.82) is 0 Å². The van der Waals surface area contributed by atoms with Gasteiger partial charge in [-0.3, -0.25) is 0 Å². The lowest BCUT2D eigenvalue weighted by Gasteiger charge is -2.12. The van der Waals surface area contributed by atoms with Crippen LogP contribution >= 0.6 is 0 Å². The fraction of sp³-hybridized carbons (Fsp3) is 0.176. The summed E-state index contributed by atoms with van der Waals surface area (Å²) in [6.07, 6.45) is 3.10. The number of rotatable bonds is 6. The Morgan fingerprint density at radius 1 is 0.783 bits per heavy atom. The first-order chi connectivity index (χ1) is 11.2. The van der Waals surface area contributed by atoms with Crippen molar-refractivity contribution in [2.75, 3.05) is 21.3 Å². The second-order valence-corrected chi connectivity index (χ2v) is 4.50. The van der Waals surface area contributed by atoms with Gasteiger partial charge in [0.05, 0.1) is 33.8 Å². The molecule has 0 unspecified atom stereocenters. The van der Waals surface area contributed by atoms with Crippen molar-refractivity contribution in [2.45, 2.75) is 0 Å². The number of hydrogen-bond acceptors (Lipinski definition) is 5. The van der Waals surface area contributed by atoms with Crippen molar-refractivity contribution in [2.24, 2.45) is 10.2 Å². The van der Waals surface area contributed by atoms with E-state index in [2.05, 4.69) is 10.2 Å². The molecule has 5 nitrogen and oxygen atoms in total. The Morgan fingerprint density at radius 3 is 1.78 bits per heavy atom. The molecule has 0 aliphatic carbocycles. The Kier molecular flexibility index (Phi) is 5.68. The third-order valence-corrected chi connectivity index (χ3v) is 3.04. The highest BCUT2D eigenvalue weighted by molar-refractivity contribution is 5.84. The number of halogens is 1. The SMILES string of the molecule is COc1cc(C=N/N=C/c2ccc(F)cc2)cc(OC)c1OC. The largest absolute Gasteiger partial charge is 0.493 e. The molecule has 0 N–H and O–H groups in total. The van der Waals surface area contributed by atoms with Gasteiger partial charge in [0.2, 0.25) is 5.75 Å². The van der Waals surface area contributed by atoms with Gasteiger partial charge in [-0.15, -0.1) is 0 Å². The maximum Gasteiger partial charge on any atom is 0.203 e. The molecule has 0 heterocycles. The summed E-state index contributed by atoms with van der Waals surface area (Å²) in [6, 6.07) is 9.49. The molecule has 120 valence electrons. The zero-order valence-corrected chi connectivity index (χ0v) is 13.1. The van der Waals surface area contributed by atoms with Crippen molar-refractivity contribution in [3.63, 3.8) is 0 Å². The smallest absolute Gasteiger partial charge is 0.203 e. The summed E-state index contributed by atoms with van der Waals surface area (Å²) in [5.74, 6) is 1.30. The minimum atomic E-state index is -0.289. The summed E-state index contributed by atoms with van der Waals surface area (Å²) in [4.78, 5) is 0. The van der Waals surface area contributed by atoms with Crippen LogP contribution in [0.3, 0.4) is 0 Å². The normalized spacial score (nSPS) is 11.1. The zero-order valence-electron chi connectivity index (χ0n) is 13.1. The van der Waals surface area contributed by atoms with Crippen LogP contribution < -0.4 is 14.2 Å². The van der Waals surface area contributed by atoms with Gasteiger partial charge in [0.25, 0.3) is 0 Å². The molecule has 0 bridgehead atoms. The average Bonchev–Trinajstić information content (AvgIpc) is 2.59. The highest BCUT2D eigenvalue weighted by Gasteiger charge is 2.12. The van der Waals surface area contributed by atoms with E-state index in [0.29, 0.717) is 17.2 Å². The molecule has 0 radical (unpaired) electrons. The number of methoxy groups -OCH3 is 3. The minimum absolute atomic E-state index is 0.289. The molecule has 23 heavy (non-hydrogen) atoms. The van der Waals surface area contributed by atoms with Gasteiger partial charge in [-0.05, 0) is 29.8 Å². The van der Waals surface area contributed by atoms with E-state index in [-0.39, 0.29) is 5.82 Å². The number of nitrogens with zero attached hydrogens (tertiary/aromatic N) is 2. The lowest BCUT2D eigenvalue weighted by molar-refractivity contribution is 0.324. The van der Waals surface area contributed by atoms with E-state index in [1.165, 1.54) is 18.3 Å². The molecular weight excluding hydrogens is 299 g/mol. The average molecular weight is 316 g/mol. The third kappa shape index (κ3) is 4.29. The van der Waals surface area contributed by atoms with E-state index in [0.717, 1.165) is 11.1 Å². The van der Waals surface area contributed by atoms with Crippen molar-refractivity contribution >= 4 is 12.4 Å². The van der Waals surface area contributed by atoms with Gasteiger partial charge in [0.1, 0.15) is 5.82 Å². The van der Waals surface area contributed by atoms with Gasteiger partial charge in [-0.25, -0.2) is 4.39 Å². The highest BCUT2D eigenvalue weighted by atomic mass is 19.1. The molecule has 0 aliphatic rings. The molecule has 0 saturated carbocycles. The molecule has 2 aromatic rings. The first-order valence-electron chi connectivity index (χ1n) is 6.80. The fourth-order valence-electron chi connectivity index (χ4n) is 1.92. The van der Waals surface area contributed by atoms with Gasteiger partial charge < -0.3 is 14.2 Å². The summed E-state index contributed by atoms with van der Waals surface area (Å²) in [6.45, 7) is 0. The maximum atomic E-state index is 12.8. The van der Waals surface area contributed by atoms with E-state index in [4.69, 9.17) is 14.2 Å². The topological polar surface area (TPSA) is 52.4 Å². The molecule has 2 rings (SSSR count). The fourth-order valence-corrected chi connectivity index (χ4v) is 1.92. The Bertz CT molecular complexity index is 687. The van der Waals surface area contributed by atoms with Gasteiger partial charge >= 0.3 is 0 Å². The Balaban J connectivity index is 2.17. The van der Waals surface area contributed by atoms with E-state index in [1.54, 1.807) is 51.8 Å². The first kappa shape index (κ1) is 16.5. The maximum absolute atomic E-state index is 12.8. The molecule has 0 spiro atoms. The van der Waals surface area contributed by atoms with Crippen LogP contribution in [0.15, 0.2) is 46.6 Å². The van der Waals surface area contributed by atoms with Crippen molar-refractivity contribution < 1.29 is 18.6 Å². The standard InChI is InChI=1S/C17H17FN2O3/c1-21-15-8-13(9-16(22-2)17(15)23-3)11-20-19-10-12-4-6-14(18)7-5-12/h4-11H,1-3H3/b19-10+,20-11?. The van der Waals surface area contributed by atoms with Gasteiger partial charge in [-0.1, -0.05) is 12.1 Å². The van der Waals surface area contributed by atoms with E-state index < -0.39 is 0 Å². The summed E-state index contributed by atoms with van der Waals surface area (Å²) in [7, 11) is 4.64. The van der Waals surface area contributed by atoms with Gasteiger partial charge in [0, 0.05) is 5.56 Å². The molecule has 2 aromatic carbocycles. The van der Waals surface area contributed by atoms with E-state index in [9.17, 15) is 4.39 Å². The van der Waals surface area contributed by atoms with Crippen LogP contribution in [-0.4, -0.2) is 33.8 Å². The Morgan fingerprint density at radius 2 is 1.30 bits per heavy atom. The van der Waals surface area contributed by atoms with E-state index in [1.807, 2.05) is 0 Å². The number of ether oxygens (including phenoxy) is 3. The number of benzene rings is 2. The van der Waals surface area contributed by atoms with Crippen LogP contribution in [0.4, 0.5) is 4.39 Å². The van der Waals surface area contributed by atoms with Crippen LogP contribution in [0.25, 0.3) is 0 Å². The Hall–Kier alpha value is -2.89. The highest BCUT2D eigenvalue weighted by Crippen LogP contribution is 2.37. The summed E-state index contributed by atoms with van der Waals surface area (Å²) >= 11 is 0. The second kappa shape index (κ2) is 7.93. The molecule has 0 saturated heterocycles. The van der Waals surface area contributed by atoms with Crippen molar-refractivity contribution in [3.05, 3.63) is 53.3 Å². The van der Waals surface area contributed by atoms with Crippen LogP contribution in [0.2, 0.25) is 0 Å². The molecule has 0 atom stereocenters. The lowest BCUT2D eigenvalue weighted by Crippen LogP contribution is -1.96. The molecule has 0 aliphatic heterocycles. The molecule has 0 fully saturated rings. The van der Waals surface area contributed by atoms with Crippen LogP contribution in [-0.2, 0) is 0 Å². The van der Waals surface area contributed by atoms with Crippen LogP contribution in [0.5, 0.6) is 17.2 Å². The summed E-state index contributed by atoms with van der Waals surface area (Å²) in [5.41, 5.74) is 1.50. The third-order valence-electron chi connectivity index (χ3n) is 3.04. The predicted molar refractivity (Wildman–Crippen MR) is 87.7 cm³/mol. The molecular formula is C17H17FN2O3. The van der Waals surface area contributed by atoms with Crippen LogP contribution in [0, 0.1) is 5.82 Å². The summed E-state index contributed by atoms with van der Waals surface area (Å²) < 4.78 is 28.6. The molecule has 0 aromatic heterocycles. The molecule has 6 heteroatoms. The van der Waals surface area contributed by atoms with Gasteiger partial charge in [0.15, 0.2) is 11.5 Å².